The predicted octanol–water partition coefficient (Wildman–Crippen LogP) is 0.776. The minimum atomic E-state index is -0.502. The van der Waals surface area contributed by atoms with Crippen LogP contribution in [0, 0.1) is 12.3 Å². The van der Waals surface area contributed by atoms with Crippen LogP contribution in [0.5, 0.6) is 0 Å². The van der Waals surface area contributed by atoms with Gasteiger partial charge in [-0.05, 0) is 20.3 Å². The highest BCUT2D eigenvalue weighted by Gasteiger charge is 2.29. The zero-order valence-corrected chi connectivity index (χ0v) is 10.7. The third kappa shape index (κ3) is 3.49. The first kappa shape index (κ1) is 13.6. The molecule has 1 aromatic heterocycles. The number of hydrogen-bond donors (Lipinski definition) is 2. The zero-order chi connectivity index (χ0) is 12.9. The molecule has 17 heavy (non-hydrogen) atoms. The second-order valence-corrected chi connectivity index (χ2v) is 4.45. The lowest BCUT2D eigenvalue weighted by atomic mass is 9.87. The lowest BCUT2D eigenvalue weighted by Gasteiger charge is -2.24. The number of hydrogen-bond acceptors (Lipinski definition) is 4. The molecule has 1 rings (SSSR count). The third-order valence-electron chi connectivity index (χ3n) is 3.04. The van der Waals surface area contributed by atoms with E-state index in [1.165, 1.54) is 0 Å². The molecule has 0 spiro atoms. The molecule has 0 bridgehead atoms. The van der Waals surface area contributed by atoms with E-state index in [1.54, 1.807) is 12.4 Å². The van der Waals surface area contributed by atoms with Gasteiger partial charge in [-0.2, -0.15) is 0 Å². The lowest BCUT2D eigenvalue weighted by molar-refractivity contribution is -0.130. The van der Waals surface area contributed by atoms with Crippen LogP contribution in [0.15, 0.2) is 12.4 Å². The molecular formula is C12H20N4O. The SMILES string of the molecule is CCC(C)(CN)C(=O)NCc1cnc(C)cn1. The van der Waals surface area contributed by atoms with Crippen LogP contribution in [0.1, 0.15) is 31.7 Å². The standard InChI is InChI=1S/C12H20N4O/c1-4-12(3,8-13)11(17)16-7-10-6-14-9(2)5-15-10/h5-6H,4,7-8,13H2,1-3H3,(H,16,17). The molecular weight excluding hydrogens is 216 g/mol. The fourth-order valence-corrected chi connectivity index (χ4v) is 1.29. The molecule has 5 heteroatoms. The van der Waals surface area contributed by atoms with Crippen molar-refractivity contribution in [1.82, 2.24) is 15.3 Å². The van der Waals surface area contributed by atoms with E-state index in [0.29, 0.717) is 13.1 Å². The van der Waals surface area contributed by atoms with Crippen LogP contribution in [0.3, 0.4) is 0 Å². The lowest BCUT2D eigenvalue weighted by Crippen LogP contribution is -2.43. The molecule has 1 heterocycles. The normalized spacial score (nSPS) is 14.1. The predicted molar refractivity (Wildman–Crippen MR) is 66.1 cm³/mol. The summed E-state index contributed by atoms with van der Waals surface area (Å²) in [4.78, 5) is 20.2. The Morgan fingerprint density at radius 2 is 2.18 bits per heavy atom. The second kappa shape index (κ2) is 5.72. The van der Waals surface area contributed by atoms with Crippen LogP contribution in [0.4, 0.5) is 0 Å². The van der Waals surface area contributed by atoms with Gasteiger partial charge in [0, 0.05) is 12.7 Å². The molecule has 3 N–H and O–H groups in total. The fraction of sp³-hybridized carbons (Fsp3) is 0.583. The summed E-state index contributed by atoms with van der Waals surface area (Å²) in [6.07, 6.45) is 4.07. The van der Waals surface area contributed by atoms with E-state index < -0.39 is 5.41 Å². The Kier molecular flexibility index (Phi) is 4.57. The molecule has 1 aromatic rings. The van der Waals surface area contributed by atoms with Gasteiger partial charge >= 0.3 is 0 Å². The summed E-state index contributed by atoms with van der Waals surface area (Å²) in [5, 5.41) is 2.84. The number of amides is 1. The highest BCUT2D eigenvalue weighted by Crippen LogP contribution is 2.19. The van der Waals surface area contributed by atoms with Crippen molar-refractivity contribution in [3.8, 4) is 0 Å². The van der Waals surface area contributed by atoms with Crippen molar-refractivity contribution in [2.45, 2.75) is 33.7 Å². The van der Waals surface area contributed by atoms with Gasteiger partial charge in [0.15, 0.2) is 0 Å². The summed E-state index contributed by atoms with van der Waals surface area (Å²) in [7, 11) is 0. The van der Waals surface area contributed by atoms with Crippen molar-refractivity contribution in [1.29, 1.82) is 0 Å². The van der Waals surface area contributed by atoms with E-state index in [1.807, 2.05) is 20.8 Å². The monoisotopic (exact) mass is 236 g/mol. The van der Waals surface area contributed by atoms with Gasteiger partial charge in [-0.3, -0.25) is 14.8 Å². The first-order valence-electron chi connectivity index (χ1n) is 5.77. The molecule has 0 aliphatic heterocycles. The molecule has 1 amide bonds. The maximum atomic E-state index is 11.9. The van der Waals surface area contributed by atoms with Crippen molar-refractivity contribution in [3.63, 3.8) is 0 Å². The van der Waals surface area contributed by atoms with Crippen molar-refractivity contribution in [2.24, 2.45) is 11.1 Å². The topological polar surface area (TPSA) is 80.9 Å². The van der Waals surface area contributed by atoms with Crippen LogP contribution >= 0.6 is 0 Å². The number of nitrogens with two attached hydrogens (primary N) is 1. The molecule has 0 saturated heterocycles. The van der Waals surface area contributed by atoms with Crippen molar-refractivity contribution in [3.05, 3.63) is 23.8 Å². The molecule has 0 radical (unpaired) electrons. The smallest absolute Gasteiger partial charge is 0.227 e. The van der Waals surface area contributed by atoms with Gasteiger partial charge in [-0.15, -0.1) is 0 Å². The highest BCUT2D eigenvalue weighted by atomic mass is 16.2. The number of carbonyl (C=O) groups is 1. The molecule has 0 fully saturated rings. The van der Waals surface area contributed by atoms with E-state index in [2.05, 4.69) is 15.3 Å². The molecule has 1 atom stereocenters. The second-order valence-electron chi connectivity index (χ2n) is 4.45. The molecule has 0 aliphatic rings. The van der Waals surface area contributed by atoms with Crippen molar-refractivity contribution in [2.75, 3.05) is 6.54 Å². The van der Waals surface area contributed by atoms with Crippen LogP contribution in [0.2, 0.25) is 0 Å². The maximum absolute atomic E-state index is 11.9. The zero-order valence-electron chi connectivity index (χ0n) is 10.7. The average molecular weight is 236 g/mol. The summed E-state index contributed by atoms with van der Waals surface area (Å²) in [6, 6.07) is 0. The van der Waals surface area contributed by atoms with E-state index in [4.69, 9.17) is 5.73 Å². The summed E-state index contributed by atoms with van der Waals surface area (Å²) < 4.78 is 0. The Morgan fingerprint density at radius 1 is 1.47 bits per heavy atom. The van der Waals surface area contributed by atoms with Gasteiger partial charge in [0.1, 0.15) is 0 Å². The quantitative estimate of drug-likeness (QED) is 0.791. The van der Waals surface area contributed by atoms with Crippen LogP contribution in [-0.2, 0) is 11.3 Å². The Balaban J connectivity index is 2.56. The Labute approximate surface area is 102 Å². The van der Waals surface area contributed by atoms with E-state index in [-0.39, 0.29) is 5.91 Å². The number of aromatic nitrogens is 2. The van der Waals surface area contributed by atoms with Gasteiger partial charge in [0.25, 0.3) is 0 Å². The average Bonchev–Trinajstić information content (AvgIpc) is 2.36. The number of rotatable bonds is 5. The molecule has 0 aromatic carbocycles. The molecule has 1 unspecified atom stereocenters. The minimum Gasteiger partial charge on any atom is -0.350 e. The third-order valence-corrected chi connectivity index (χ3v) is 3.04. The van der Waals surface area contributed by atoms with Gasteiger partial charge < -0.3 is 11.1 Å². The first-order chi connectivity index (χ1) is 8.01. The van der Waals surface area contributed by atoms with Crippen LogP contribution < -0.4 is 11.1 Å². The van der Waals surface area contributed by atoms with Crippen molar-refractivity contribution < 1.29 is 4.79 Å². The Hall–Kier alpha value is -1.49. The summed E-state index contributed by atoms with van der Waals surface area (Å²) >= 11 is 0. The Morgan fingerprint density at radius 3 is 2.65 bits per heavy atom. The van der Waals surface area contributed by atoms with Crippen LogP contribution in [0.25, 0.3) is 0 Å². The summed E-state index contributed by atoms with van der Waals surface area (Å²) in [5.74, 6) is -0.0372. The van der Waals surface area contributed by atoms with Gasteiger partial charge in [-0.1, -0.05) is 6.92 Å². The Bertz CT molecular complexity index is 371. The van der Waals surface area contributed by atoms with Gasteiger partial charge in [-0.25, -0.2) is 0 Å². The van der Waals surface area contributed by atoms with Gasteiger partial charge in [0.05, 0.1) is 29.5 Å². The summed E-state index contributed by atoms with van der Waals surface area (Å²) in [6.45, 7) is 6.43. The molecule has 0 aliphatic carbocycles. The number of aryl methyl sites for hydroxylation is 1. The van der Waals surface area contributed by atoms with Gasteiger partial charge in [0.2, 0.25) is 5.91 Å². The van der Waals surface area contributed by atoms with E-state index in [9.17, 15) is 4.79 Å². The number of nitrogens with one attached hydrogen (secondary N) is 1. The first-order valence-corrected chi connectivity index (χ1v) is 5.77. The molecule has 0 saturated carbocycles. The number of carbonyl (C=O) groups excluding carboxylic acids is 1. The fourth-order valence-electron chi connectivity index (χ4n) is 1.29. The number of nitrogens with zero attached hydrogens (tertiary/aromatic N) is 2. The molecule has 94 valence electrons. The maximum Gasteiger partial charge on any atom is 0.227 e. The molecule has 5 nitrogen and oxygen atoms in total. The highest BCUT2D eigenvalue weighted by molar-refractivity contribution is 5.82. The largest absolute Gasteiger partial charge is 0.350 e. The van der Waals surface area contributed by atoms with E-state index >= 15 is 0 Å². The minimum absolute atomic E-state index is 0.0372. The van der Waals surface area contributed by atoms with E-state index in [0.717, 1.165) is 17.8 Å². The summed E-state index contributed by atoms with van der Waals surface area (Å²) in [5.41, 5.74) is 6.73. The van der Waals surface area contributed by atoms with Crippen LogP contribution in [-0.4, -0.2) is 22.4 Å². The van der Waals surface area contributed by atoms with Crippen molar-refractivity contribution >= 4 is 5.91 Å².